The molecule has 0 saturated carbocycles. The Hall–Kier alpha value is -2.62. The molecule has 4 heteroatoms. The van der Waals surface area contributed by atoms with Crippen LogP contribution >= 0.6 is 11.6 Å². The van der Waals surface area contributed by atoms with Crippen LogP contribution in [0.1, 0.15) is 28.8 Å². The SMILES string of the molecule is O=C(Nc1ccc(CC2CCCNC2)cc1)c1ccc(-c2ccc(Cl)cc2)cc1. The second-order valence-corrected chi connectivity index (χ2v) is 8.09. The molecule has 1 atom stereocenters. The Labute approximate surface area is 177 Å². The Morgan fingerprint density at radius 3 is 2.21 bits per heavy atom. The maximum atomic E-state index is 12.6. The van der Waals surface area contributed by atoms with Crippen LogP contribution < -0.4 is 10.6 Å². The number of halogens is 1. The molecule has 1 aliphatic rings. The Kier molecular flexibility index (Phi) is 6.28. The van der Waals surface area contributed by atoms with E-state index >= 15 is 0 Å². The van der Waals surface area contributed by atoms with Crippen molar-refractivity contribution in [1.82, 2.24) is 5.32 Å². The second kappa shape index (κ2) is 9.25. The van der Waals surface area contributed by atoms with Crippen molar-refractivity contribution in [3.63, 3.8) is 0 Å². The summed E-state index contributed by atoms with van der Waals surface area (Å²) in [5, 5.41) is 7.17. The minimum atomic E-state index is -0.100. The highest BCUT2D eigenvalue weighted by molar-refractivity contribution is 6.30. The fourth-order valence-electron chi connectivity index (χ4n) is 3.82. The molecule has 1 unspecified atom stereocenters. The van der Waals surface area contributed by atoms with Crippen LogP contribution in [0.25, 0.3) is 11.1 Å². The van der Waals surface area contributed by atoms with Gasteiger partial charge in [0.1, 0.15) is 0 Å². The number of hydrogen-bond acceptors (Lipinski definition) is 2. The molecule has 0 bridgehead atoms. The number of benzene rings is 3. The fourth-order valence-corrected chi connectivity index (χ4v) is 3.94. The van der Waals surface area contributed by atoms with Gasteiger partial charge >= 0.3 is 0 Å². The number of rotatable bonds is 5. The van der Waals surface area contributed by atoms with E-state index in [0.29, 0.717) is 16.5 Å². The third-order valence-corrected chi connectivity index (χ3v) is 5.71. The van der Waals surface area contributed by atoms with Gasteiger partial charge in [-0.1, -0.05) is 48.0 Å². The van der Waals surface area contributed by atoms with E-state index in [9.17, 15) is 4.79 Å². The fraction of sp³-hybridized carbons (Fsp3) is 0.240. The summed E-state index contributed by atoms with van der Waals surface area (Å²) in [5.41, 5.74) is 4.91. The minimum Gasteiger partial charge on any atom is -0.322 e. The maximum Gasteiger partial charge on any atom is 0.255 e. The lowest BCUT2D eigenvalue weighted by Gasteiger charge is -2.22. The molecule has 3 nitrogen and oxygen atoms in total. The van der Waals surface area contributed by atoms with Gasteiger partial charge in [0.2, 0.25) is 0 Å². The van der Waals surface area contributed by atoms with E-state index in [1.54, 1.807) is 0 Å². The van der Waals surface area contributed by atoms with Crippen LogP contribution in [-0.2, 0) is 6.42 Å². The number of nitrogens with one attached hydrogen (secondary N) is 2. The first kappa shape index (κ1) is 19.7. The average Bonchev–Trinajstić information content (AvgIpc) is 2.76. The monoisotopic (exact) mass is 404 g/mol. The van der Waals surface area contributed by atoms with Crippen LogP contribution in [0.2, 0.25) is 5.02 Å². The zero-order valence-electron chi connectivity index (χ0n) is 16.3. The number of carbonyl (C=O) groups excluding carboxylic acids is 1. The van der Waals surface area contributed by atoms with Crippen molar-refractivity contribution in [2.75, 3.05) is 18.4 Å². The molecule has 1 aliphatic heterocycles. The molecular formula is C25H25ClN2O. The van der Waals surface area contributed by atoms with E-state index in [-0.39, 0.29) is 5.91 Å². The highest BCUT2D eigenvalue weighted by Crippen LogP contribution is 2.23. The van der Waals surface area contributed by atoms with Crippen molar-refractivity contribution in [3.05, 3.63) is 88.9 Å². The van der Waals surface area contributed by atoms with Crippen LogP contribution in [0, 0.1) is 5.92 Å². The first-order valence-corrected chi connectivity index (χ1v) is 10.5. The Bertz CT molecular complexity index is 944. The quantitative estimate of drug-likeness (QED) is 0.564. The molecule has 1 amide bonds. The summed E-state index contributed by atoms with van der Waals surface area (Å²) in [6.45, 7) is 2.24. The maximum absolute atomic E-state index is 12.6. The van der Waals surface area contributed by atoms with Gasteiger partial charge in [-0.3, -0.25) is 4.79 Å². The zero-order chi connectivity index (χ0) is 20.1. The zero-order valence-corrected chi connectivity index (χ0v) is 17.1. The molecule has 29 heavy (non-hydrogen) atoms. The molecule has 0 aliphatic carbocycles. The van der Waals surface area contributed by atoms with Gasteiger partial charge in [-0.05, 0) is 91.4 Å². The third-order valence-electron chi connectivity index (χ3n) is 5.46. The van der Waals surface area contributed by atoms with Crippen molar-refractivity contribution in [2.45, 2.75) is 19.3 Å². The number of carbonyl (C=O) groups is 1. The van der Waals surface area contributed by atoms with Crippen LogP contribution in [0.5, 0.6) is 0 Å². The van der Waals surface area contributed by atoms with Crippen molar-refractivity contribution >= 4 is 23.2 Å². The largest absolute Gasteiger partial charge is 0.322 e. The molecule has 1 heterocycles. The number of piperidine rings is 1. The van der Waals surface area contributed by atoms with Crippen LogP contribution in [-0.4, -0.2) is 19.0 Å². The van der Waals surface area contributed by atoms with Gasteiger partial charge in [-0.15, -0.1) is 0 Å². The van der Waals surface area contributed by atoms with Gasteiger partial charge in [-0.25, -0.2) is 0 Å². The summed E-state index contributed by atoms with van der Waals surface area (Å²) >= 11 is 5.95. The van der Waals surface area contributed by atoms with E-state index in [2.05, 4.69) is 22.8 Å². The molecular weight excluding hydrogens is 380 g/mol. The van der Waals surface area contributed by atoms with Gasteiger partial charge in [0.25, 0.3) is 5.91 Å². The predicted molar refractivity (Wildman–Crippen MR) is 121 cm³/mol. The Morgan fingerprint density at radius 1 is 0.931 bits per heavy atom. The van der Waals surface area contributed by atoms with Gasteiger partial charge in [0.05, 0.1) is 0 Å². The summed E-state index contributed by atoms with van der Waals surface area (Å²) in [6.07, 6.45) is 3.64. The highest BCUT2D eigenvalue weighted by Gasteiger charge is 2.13. The van der Waals surface area contributed by atoms with E-state index in [1.165, 1.54) is 18.4 Å². The molecule has 3 aromatic carbocycles. The van der Waals surface area contributed by atoms with E-state index in [0.717, 1.165) is 36.3 Å². The molecule has 2 N–H and O–H groups in total. The van der Waals surface area contributed by atoms with E-state index in [4.69, 9.17) is 11.6 Å². The molecule has 1 fully saturated rings. The summed E-state index contributed by atoms with van der Waals surface area (Å²) in [6, 6.07) is 23.5. The normalized spacial score (nSPS) is 16.4. The smallest absolute Gasteiger partial charge is 0.255 e. The molecule has 4 rings (SSSR count). The van der Waals surface area contributed by atoms with Crippen LogP contribution in [0.3, 0.4) is 0 Å². The van der Waals surface area contributed by atoms with Gasteiger partial charge < -0.3 is 10.6 Å². The number of amides is 1. The lowest BCUT2D eigenvalue weighted by molar-refractivity contribution is 0.102. The highest BCUT2D eigenvalue weighted by atomic mass is 35.5. The standard InChI is InChI=1S/C25H25ClN2O/c26-23-11-9-21(10-12-23)20-5-7-22(8-6-20)25(29)28-24-13-3-18(4-14-24)16-19-2-1-15-27-17-19/h3-14,19,27H,1-2,15-17H2,(H,28,29). The summed E-state index contributed by atoms with van der Waals surface area (Å²) in [7, 11) is 0. The topological polar surface area (TPSA) is 41.1 Å². The van der Waals surface area contributed by atoms with Gasteiger partial charge in [0.15, 0.2) is 0 Å². The number of hydrogen-bond donors (Lipinski definition) is 2. The Morgan fingerprint density at radius 2 is 1.59 bits per heavy atom. The molecule has 0 spiro atoms. The molecule has 148 valence electrons. The molecule has 1 saturated heterocycles. The van der Waals surface area contributed by atoms with E-state index < -0.39 is 0 Å². The second-order valence-electron chi connectivity index (χ2n) is 7.65. The van der Waals surface area contributed by atoms with Crippen molar-refractivity contribution < 1.29 is 4.79 Å². The van der Waals surface area contributed by atoms with Crippen LogP contribution in [0.4, 0.5) is 5.69 Å². The van der Waals surface area contributed by atoms with Crippen molar-refractivity contribution in [3.8, 4) is 11.1 Å². The van der Waals surface area contributed by atoms with Crippen LogP contribution in [0.15, 0.2) is 72.8 Å². The summed E-state index contributed by atoms with van der Waals surface area (Å²) in [4.78, 5) is 12.6. The molecule has 0 radical (unpaired) electrons. The summed E-state index contributed by atoms with van der Waals surface area (Å²) < 4.78 is 0. The van der Waals surface area contributed by atoms with E-state index in [1.807, 2.05) is 60.7 Å². The van der Waals surface area contributed by atoms with Gasteiger partial charge in [0, 0.05) is 16.3 Å². The molecule has 0 aromatic heterocycles. The Balaban J connectivity index is 1.36. The van der Waals surface area contributed by atoms with Gasteiger partial charge in [-0.2, -0.15) is 0 Å². The lowest BCUT2D eigenvalue weighted by atomic mass is 9.92. The molecule has 3 aromatic rings. The first-order valence-electron chi connectivity index (χ1n) is 10.1. The number of anilines is 1. The third kappa shape index (κ3) is 5.26. The summed E-state index contributed by atoms with van der Waals surface area (Å²) in [5.74, 6) is 0.611. The van der Waals surface area contributed by atoms with Crippen molar-refractivity contribution in [2.24, 2.45) is 5.92 Å². The first-order chi connectivity index (χ1) is 14.2. The average molecular weight is 405 g/mol. The minimum absolute atomic E-state index is 0.100. The lowest BCUT2D eigenvalue weighted by Crippen LogP contribution is -2.30. The predicted octanol–water partition coefficient (Wildman–Crippen LogP) is 5.80. The van der Waals surface area contributed by atoms with Crippen molar-refractivity contribution in [1.29, 1.82) is 0 Å².